The summed E-state index contributed by atoms with van der Waals surface area (Å²) in [6.07, 6.45) is 1.26. The summed E-state index contributed by atoms with van der Waals surface area (Å²) in [7, 11) is -8.91. The summed E-state index contributed by atoms with van der Waals surface area (Å²) in [6, 6.07) is 19.6. The molecular weight excluding hydrogens is 486 g/mol. The lowest BCUT2D eigenvalue weighted by Crippen LogP contribution is -2.06. The average Bonchev–Trinajstić information content (AvgIpc) is 2.79. The molecule has 1 heterocycles. The predicted molar refractivity (Wildman–Crippen MR) is 121 cm³/mol. The van der Waals surface area contributed by atoms with Crippen LogP contribution in [-0.4, -0.2) is 46.0 Å². The van der Waals surface area contributed by atoms with E-state index in [0.717, 1.165) is 0 Å². The van der Waals surface area contributed by atoms with Crippen molar-refractivity contribution in [2.45, 2.75) is 4.90 Å². The maximum Gasteiger partial charge on any atom is 0.446 e. The van der Waals surface area contributed by atoms with Gasteiger partial charge in [0.05, 0.1) is 4.90 Å². The third-order valence-corrected chi connectivity index (χ3v) is 5.32. The fourth-order valence-corrected chi connectivity index (χ4v) is 3.39. The van der Waals surface area contributed by atoms with Crippen molar-refractivity contribution in [2.75, 3.05) is 0 Å². The van der Waals surface area contributed by atoms with Crippen LogP contribution in [0.15, 0.2) is 90.1 Å². The topological polar surface area (TPSA) is 177 Å². The monoisotopic (exact) mass is 503 g/mol. The van der Waals surface area contributed by atoms with E-state index in [1.54, 1.807) is 24.3 Å². The summed E-state index contributed by atoms with van der Waals surface area (Å²) >= 11 is 0. The Bertz CT molecular complexity index is 1460. The van der Waals surface area contributed by atoms with Crippen molar-refractivity contribution < 1.29 is 35.2 Å². The summed E-state index contributed by atoms with van der Waals surface area (Å²) in [5.74, 6) is 0.774. The van der Waals surface area contributed by atoms with Crippen molar-refractivity contribution >= 4 is 20.5 Å². The van der Waals surface area contributed by atoms with E-state index in [4.69, 9.17) is 14.2 Å². The molecule has 176 valence electrons. The number of rotatable bonds is 5. The van der Waals surface area contributed by atoms with Gasteiger partial charge in [-0.15, -0.1) is 0 Å². The highest BCUT2D eigenvalue weighted by Gasteiger charge is 2.12. The molecule has 3 N–H and O–H groups in total. The minimum absolute atomic E-state index is 0.0867. The molecule has 4 rings (SSSR count). The van der Waals surface area contributed by atoms with Crippen molar-refractivity contribution in [1.82, 2.24) is 15.0 Å². The number of aromatic nitrogens is 3. The van der Waals surface area contributed by atoms with E-state index in [1.165, 1.54) is 54.9 Å². The first-order chi connectivity index (χ1) is 16.0. The van der Waals surface area contributed by atoms with Crippen LogP contribution in [0.4, 0.5) is 0 Å². The number of hydrogen-bond acceptors (Lipinski definition) is 9. The van der Waals surface area contributed by atoms with E-state index in [2.05, 4.69) is 19.1 Å². The van der Waals surface area contributed by atoms with E-state index < -0.39 is 20.5 Å². The first-order valence-electron chi connectivity index (χ1n) is 9.29. The van der Waals surface area contributed by atoms with Crippen LogP contribution in [0.25, 0.3) is 22.8 Å². The zero-order valence-corrected chi connectivity index (χ0v) is 18.8. The van der Waals surface area contributed by atoms with Gasteiger partial charge in [-0.25, -0.2) is 15.0 Å². The van der Waals surface area contributed by atoms with Gasteiger partial charge in [-0.05, 0) is 60.7 Å². The highest BCUT2D eigenvalue weighted by molar-refractivity contribution is 7.85. The van der Waals surface area contributed by atoms with Crippen LogP contribution in [0.1, 0.15) is 0 Å². The second-order valence-corrected chi connectivity index (χ2v) is 8.95. The zero-order chi connectivity index (χ0) is 24.8. The molecule has 11 nitrogen and oxygen atoms in total. The summed E-state index contributed by atoms with van der Waals surface area (Å²) in [6.45, 7) is 0. The molecule has 0 radical (unpaired) electrons. The number of phenolic OH excluding ortho intramolecular Hbond substituents is 1. The van der Waals surface area contributed by atoms with Gasteiger partial charge in [-0.3, -0.25) is 9.11 Å². The molecule has 0 unspecified atom stereocenters. The Morgan fingerprint density at radius 1 is 0.676 bits per heavy atom. The normalized spacial score (nSPS) is 11.2. The number of para-hydroxylation sites is 1. The van der Waals surface area contributed by atoms with Gasteiger partial charge in [0.15, 0.2) is 11.6 Å². The average molecular weight is 504 g/mol. The number of nitrogens with zero attached hydrogens (tertiary/aromatic N) is 3. The van der Waals surface area contributed by atoms with Crippen molar-refractivity contribution in [3.8, 4) is 34.3 Å². The van der Waals surface area contributed by atoms with Gasteiger partial charge < -0.3 is 9.29 Å². The van der Waals surface area contributed by atoms with Crippen LogP contribution in [0.2, 0.25) is 0 Å². The lowest BCUT2D eigenvalue weighted by atomic mass is 10.2. The molecule has 0 saturated heterocycles. The Morgan fingerprint density at radius 3 is 1.59 bits per heavy atom. The van der Waals surface area contributed by atoms with Crippen LogP contribution in [0.5, 0.6) is 11.5 Å². The van der Waals surface area contributed by atoms with Gasteiger partial charge in [0, 0.05) is 11.1 Å². The molecule has 0 bridgehead atoms. The third-order valence-electron chi connectivity index (χ3n) is 4.05. The molecule has 34 heavy (non-hydrogen) atoms. The molecule has 13 heteroatoms. The van der Waals surface area contributed by atoms with Crippen LogP contribution in [-0.2, 0) is 20.5 Å². The Kier molecular flexibility index (Phi) is 7.53. The van der Waals surface area contributed by atoms with E-state index in [9.17, 15) is 16.8 Å². The highest BCUT2D eigenvalue weighted by Crippen LogP contribution is 2.23. The van der Waals surface area contributed by atoms with Crippen LogP contribution < -0.4 is 4.18 Å². The van der Waals surface area contributed by atoms with Gasteiger partial charge in [0.25, 0.3) is 10.1 Å². The van der Waals surface area contributed by atoms with Gasteiger partial charge in [-0.1, -0.05) is 18.2 Å². The van der Waals surface area contributed by atoms with Gasteiger partial charge in [-0.2, -0.15) is 16.8 Å². The fourth-order valence-electron chi connectivity index (χ4n) is 2.56. The molecular formula is C21H17N3O8S2. The molecule has 0 aliphatic rings. The quantitative estimate of drug-likeness (QED) is 0.341. The summed E-state index contributed by atoms with van der Waals surface area (Å²) in [5.41, 5.74) is 1.02. The second kappa shape index (κ2) is 10.4. The van der Waals surface area contributed by atoms with E-state index in [0.29, 0.717) is 16.9 Å². The van der Waals surface area contributed by atoms with E-state index >= 15 is 0 Å². The van der Waals surface area contributed by atoms with Crippen LogP contribution in [0, 0.1) is 0 Å². The number of hydrogen-bond donors (Lipinski definition) is 3. The van der Waals surface area contributed by atoms with E-state index in [1.807, 2.05) is 6.07 Å². The van der Waals surface area contributed by atoms with Crippen molar-refractivity contribution in [2.24, 2.45) is 0 Å². The molecule has 0 spiro atoms. The standard InChI is InChI=1S/C15H11N3O7S2.C6H6O/c19-26(20,21)13-7-3-11(4-8-13)15-17-9-16-14(18-15)10-1-5-12(6-2-10)25-27(22,23)24;7-6-4-2-1-3-5-6/h1-9H,(H,19,20,21)(H,22,23,24);1-5,7H. The highest BCUT2D eigenvalue weighted by atomic mass is 32.3. The van der Waals surface area contributed by atoms with Crippen molar-refractivity contribution in [3.63, 3.8) is 0 Å². The smallest absolute Gasteiger partial charge is 0.446 e. The molecule has 0 aliphatic carbocycles. The molecule has 0 aliphatic heterocycles. The first-order valence-corrected chi connectivity index (χ1v) is 12.1. The van der Waals surface area contributed by atoms with Crippen molar-refractivity contribution in [3.05, 3.63) is 85.2 Å². The summed E-state index contributed by atoms with van der Waals surface area (Å²) < 4.78 is 65.5. The predicted octanol–water partition coefficient (Wildman–Crippen LogP) is 3.03. The minimum Gasteiger partial charge on any atom is -0.508 e. The second-order valence-electron chi connectivity index (χ2n) is 6.50. The lowest BCUT2D eigenvalue weighted by molar-refractivity contribution is 0.387. The molecule has 0 amide bonds. The zero-order valence-electron chi connectivity index (χ0n) is 17.1. The Morgan fingerprint density at radius 2 is 1.18 bits per heavy atom. The fraction of sp³-hybridized carbons (Fsp3) is 0. The maximum absolute atomic E-state index is 11.1. The third kappa shape index (κ3) is 7.31. The molecule has 0 atom stereocenters. The van der Waals surface area contributed by atoms with Crippen LogP contribution in [0.3, 0.4) is 0 Å². The SMILES string of the molecule is O=S(=O)(O)Oc1ccc(-c2ncnc(-c3ccc(S(=O)(=O)O)cc3)n2)cc1.Oc1ccccc1. The van der Waals surface area contributed by atoms with Crippen molar-refractivity contribution in [1.29, 1.82) is 0 Å². The first kappa shape index (κ1) is 24.7. The summed E-state index contributed by atoms with van der Waals surface area (Å²) in [5, 5.41) is 8.63. The molecule has 4 aromatic rings. The minimum atomic E-state index is -4.61. The number of aromatic hydroxyl groups is 1. The maximum atomic E-state index is 11.1. The molecule has 1 aromatic heterocycles. The molecule has 0 fully saturated rings. The molecule has 3 aromatic carbocycles. The number of phenols is 1. The largest absolute Gasteiger partial charge is 0.508 e. The van der Waals surface area contributed by atoms with Crippen LogP contribution >= 0.6 is 0 Å². The summed E-state index contributed by atoms with van der Waals surface area (Å²) in [4.78, 5) is 12.1. The van der Waals surface area contributed by atoms with E-state index in [-0.39, 0.29) is 22.3 Å². The lowest BCUT2D eigenvalue weighted by Gasteiger charge is -2.05. The van der Waals surface area contributed by atoms with Gasteiger partial charge >= 0.3 is 10.4 Å². The Hall–Kier alpha value is -3.91. The van der Waals surface area contributed by atoms with Gasteiger partial charge in [0.2, 0.25) is 0 Å². The number of benzene rings is 3. The molecule has 0 saturated carbocycles. The Labute approximate surface area is 195 Å². The van der Waals surface area contributed by atoms with Gasteiger partial charge in [0.1, 0.15) is 17.8 Å². The Balaban J connectivity index is 0.000000396.